The quantitative estimate of drug-likeness (QED) is 0.405. The van der Waals surface area contributed by atoms with Crippen molar-refractivity contribution in [3.8, 4) is 0 Å². The highest BCUT2D eigenvalue weighted by atomic mass is 32.2. The first-order valence-electron chi connectivity index (χ1n) is 10.8. The van der Waals surface area contributed by atoms with E-state index in [4.69, 9.17) is 8.37 Å². The zero-order valence-electron chi connectivity index (χ0n) is 19.3. The van der Waals surface area contributed by atoms with Gasteiger partial charge in [-0.3, -0.25) is 8.37 Å². The fraction of sp³-hybridized carbons (Fsp3) is 0.478. The van der Waals surface area contributed by atoms with Crippen molar-refractivity contribution in [1.82, 2.24) is 0 Å². The van der Waals surface area contributed by atoms with E-state index in [0.29, 0.717) is 19.3 Å². The highest BCUT2D eigenvalue weighted by molar-refractivity contribution is 7.86. The molecule has 7 nitrogen and oxygen atoms in total. The summed E-state index contributed by atoms with van der Waals surface area (Å²) >= 11 is 0. The summed E-state index contributed by atoms with van der Waals surface area (Å²) in [6.07, 6.45) is 1.30. The number of hydrogen-bond donors (Lipinski definition) is 1. The first-order chi connectivity index (χ1) is 15.2. The third-order valence-corrected chi connectivity index (χ3v) is 12.0. The Kier molecular flexibility index (Phi) is 7.57. The van der Waals surface area contributed by atoms with Crippen LogP contribution in [0.2, 0.25) is 5.04 Å². The molecule has 2 unspecified atom stereocenters. The maximum Gasteiger partial charge on any atom is 0.264 e. The fourth-order valence-corrected chi connectivity index (χ4v) is 10.2. The summed E-state index contributed by atoms with van der Waals surface area (Å²) in [5, 5.41) is 1.20. The third kappa shape index (κ3) is 6.31. The normalized spacial score (nSPS) is 22.4. The Labute approximate surface area is 198 Å². The lowest BCUT2D eigenvalue weighted by atomic mass is 9.95. The maximum absolute atomic E-state index is 12.3. The van der Waals surface area contributed by atoms with Gasteiger partial charge < -0.3 is 4.80 Å². The van der Waals surface area contributed by atoms with Gasteiger partial charge in [0.2, 0.25) is 0 Å². The predicted octanol–water partition coefficient (Wildman–Crippen LogP) is 2.01. The summed E-state index contributed by atoms with van der Waals surface area (Å²) in [7, 11) is -10.8. The molecule has 0 amide bonds. The summed E-state index contributed by atoms with van der Waals surface area (Å²) in [5.41, 5.74) is 0. The molecule has 182 valence electrons. The SMILES string of the molecule is CC(C)(CC1CC(OS(C)(=O)=O)C(OS(C)(=O)=O)C1)[Si](O)(c1ccccc1)c1ccccc1. The second-order valence-corrected chi connectivity index (χ2v) is 16.7. The molecule has 2 aromatic carbocycles. The summed E-state index contributed by atoms with van der Waals surface area (Å²) < 4.78 is 57.4. The van der Waals surface area contributed by atoms with Crippen LogP contribution in [0.25, 0.3) is 0 Å². The van der Waals surface area contributed by atoms with Crippen LogP contribution in [0.4, 0.5) is 0 Å². The van der Waals surface area contributed by atoms with Crippen LogP contribution >= 0.6 is 0 Å². The molecule has 1 fully saturated rings. The van der Waals surface area contributed by atoms with Crippen LogP contribution in [0.3, 0.4) is 0 Å². The summed E-state index contributed by atoms with van der Waals surface area (Å²) in [5.74, 6) is -0.0926. The van der Waals surface area contributed by atoms with Crippen molar-refractivity contribution in [1.29, 1.82) is 0 Å². The Hall–Kier alpha value is -1.56. The predicted molar refractivity (Wildman–Crippen MR) is 131 cm³/mol. The lowest BCUT2D eigenvalue weighted by molar-refractivity contribution is 0.0887. The molecule has 33 heavy (non-hydrogen) atoms. The highest BCUT2D eigenvalue weighted by Gasteiger charge is 2.52. The van der Waals surface area contributed by atoms with E-state index in [1.807, 2.05) is 74.5 Å². The number of benzene rings is 2. The number of rotatable bonds is 9. The summed E-state index contributed by atoms with van der Waals surface area (Å²) in [4.78, 5) is 12.3. The molecule has 2 atom stereocenters. The van der Waals surface area contributed by atoms with Crippen molar-refractivity contribution in [3.05, 3.63) is 60.7 Å². The molecule has 0 bridgehead atoms. The van der Waals surface area contributed by atoms with E-state index >= 15 is 0 Å². The maximum atomic E-state index is 12.3. The Balaban J connectivity index is 1.94. The van der Waals surface area contributed by atoms with E-state index in [9.17, 15) is 21.6 Å². The van der Waals surface area contributed by atoms with Gasteiger partial charge in [0.05, 0.1) is 12.5 Å². The lowest BCUT2D eigenvalue weighted by Crippen LogP contribution is -2.65. The van der Waals surface area contributed by atoms with Crippen molar-refractivity contribution in [2.45, 2.75) is 50.4 Å². The molecule has 1 aliphatic carbocycles. The monoisotopic (exact) mass is 512 g/mol. The fourth-order valence-electron chi connectivity index (χ4n) is 5.05. The van der Waals surface area contributed by atoms with E-state index in [2.05, 4.69) is 0 Å². The minimum atomic E-state index is -3.79. The minimum absolute atomic E-state index is 0.0926. The first kappa shape index (κ1) is 26.0. The van der Waals surface area contributed by atoms with E-state index in [1.165, 1.54) is 0 Å². The van der Waals surface area contributed by atoms with Crippen LogP contribution in [0.5, 0.6) is 0 Å². The average molecular weight is 513 g/mol. The van der Waals surface area contributed by atoms with E-state index in [1.54, 1.807) is 0 Å². The van der Waals surface area contributed by atoms with Crippen LogP contribution < -0.4 is 10.4 Å². The molecule has 0 heterocycles. The summed E-state index contributed by atoms with van der Waals surface area (Å²) in [6, 6.07) is 19.2. The minimum Gasteiger partial charge on any atom is -0.424 e. The Bertz CT molecular complexity index is 1070. The lowest BCUT2D eigenvalue weighted by Gasteiger charge is -2.42. The average Bonchev–Trinajstić information content (AvgIpc) is 3.04. The van der Waals surface area contributed by atoms with E-state index in [0.717, 1.165) is 22.9 Å². The molecule has 0 aliphatic heterocycles. The molecule has 0 radical (unpaired) electrons. The van der Waals surface area contributed by atoms with Crippen molar-refractivity contribution in [2.75, 3.05) is 12.5 Å². The second-order valence-electron chi connectivity index (χ2n) is 9.55. The van der Waals surface area contributed by atoms with Crippen molar-refractivity contribution < 1.29 is 30.0 Å². The van der Waals surface area contributed by atoms with Gasteiger partial charge in [-0.25, -0.2) is 0 Å². The van der Waals surface area contributed by atoms with Gasteiger partial charge >= 0.3 is 0 Å². The Morgan fingerprint density at radius 3 is 1.52 bits per heavy atom. The molecular weight excluding hydrogens is 480 g/mol. The zero-order chi connectivity index (χ0) is 24.5. The highest BCUT2D eigenvalue weighted by Crippen LogP contribution is 2.46. The van der Waals surface area contributed by atoms with Crippen LogP contribution in [-0.4, -0.2) is 54.7 Å². The van der Waals surface area contributed by atoms with Crippen LogP contribution in [0.15, 0.2) is 60.7 Å². The van der Waals surface area contributed by atoms with E-state index < -0.39 is 45.8 Å². The van der Waals surface area contributed by atoms with Crippen molar-refractivity contribution in [2.24, 2.45) is 5.92 Å². The third-order valence-electron chi connectivity index (χ3n) is 6.30. The van der Waals surface area contributed by atoms with Crippen molar-refractivity contribution >= 4 is 38.9 Å². The van der Waals surface area contributed by atoms with E-state index in [-0.39, 0.29) is 5.92 Å². The summed E-state index contributed by atoms with van der Waals surface area (Å²) in [6.45, 7) is 4.05. The van der Waals surface area contributed by atoms with Crippen LogP contribution in [-0.2, 0) is 28.6 Å². The molecule has 2 aromatic rings. The molecule has 0 aromatic heterocycles. The Morgan fingerprint density at radius 2 is 1.18 bits per heavy atom. The molecule has 1 saturated carbocycles. The van der Waals surface area contributed by atoms with Gasteiger partial charge in [-0.05, 0) is 40.6 Å². The molecule has 0 spiro atoms. The van der Waals surface area contributed by atoms with Gasteiger partial charge in [0.25, 0.3) is 28.6 Å². The van der Waals surface area contributed by atoms with Gasteiger partial charge in [-0.1, -0.05) is 74.5 Å². The smallest absolute Gasteiger partial charge is 0.264 e. The van der Waals surface area contributed by atoms with Gasteiger partial charge in [0.15, 0.2) is 0 Å². The molecule has 10 heteroatoms. The molecule has 0 saturated heterocycles. The molecular formula is C23H32O7S2Si. The van der Waals surface area contributed by atoms with Gasteiger partial charge in [0.1, 0.15) is 12.2 Å². The van der Waals surface area contributed by atoms with Gasteiger partial charge in [0, 0.05) is 0 Å². The van der Waals surface area contributed by atoms with Gasteiger partial charge in [-0.15, -0.1) is 0 Å². The number of hydrogen-bond acceptors (Lipinski definition) is 7. The Morgan fingerprint density at radius 1 is 0.818 bits per heavy atom. The molecule has 1 N–H and O–H groups in total. The first-order valence-corrected chi connectivity index (χ1v) is 16.4. The largest absolute Gasteiger partial charge is 0.424 e. The second kappa shape index (κ2) is 9.59. The van der Waals surface area contributed by atoms with Gasteiger partial charge in [-0.2, -0.15) is 16.8 Å². The molecule has 1 aliphatic rings. The van der Waals surface area contributed by atoms with Crippen LogP contribution in [0.1, 0.15) is 33.1 Å². The molecule has 3 rings (SSSR count). The topological polar surface area (TPSA) is 107 Å². The van der Waals surface area contributed by atoms with Crippen LogP contribution in [0, 0.1) is 5.92 Å². The zero-order valence-corrected chi connectivity index (χ0v) is 22.0. The van der Waals surface area contributed by atoms with Crippen molar-refractivity contribution in [3.63, 3.8) is 0 Å². The standard InChI is InChI=1S/C23H32O7S2Si/c1-23(2,33(28,19-11-7-5-8-12-19)20-13-9-6-10-14-20)17-18-15-21(29-31(3,24)25)22(16-18)30-32(4,26)27/h5-14,18,21-22,28H,15-17H2,1-4H3.